The number of carbonyl (C=O) groups is 1. The topological polar surface area (TPSA) is 67.2 Å². The molecule has 0 bridgehead atoms. The van der Waals surface area contributed by atoms with Gasteiger partial charge < -0.3 is 16.4 Å². The van der Waals surface area contributed by atoms with Crippen molar-refractivity contribution in [2.45, 2.75) is 6.04 Å². The lowest BCUT2D eigenvalue weighted by atomic mass is 10.1. The van der Waals surface area contributed by atoms with Gasteiger partial charge in [-0.05, 0) is 18.2 Å². The van der Waals surface area contributed by atoms with E-state index < -0.39 is 0 Å². The molecule has 1 fully saturated rings. The molecule has 14 heavy (non-hydrogen) atoms. The van der Waals surface area contributed by atoms with Crippen molar-refractivity contribution in [3.05, 3.63) is 29.8 Å². The number of rotatable bonds is 2. The van der Waals surface area contributed by atoms with Crippen molar-refractivity contribution in [1.82, 2.24) is 10.6 Å². The van der Waals surface area contributed by atoms with E-state index in [2.05, 4.69) is 10.6 Å². The predicted molar refractivity (Wildman–Crippen MR) is 55.0 cm³/mol. The van der Waals surface area contributed by atoms with Gasteiger partial charge in [0.25, 0.3) is 5.91 Å². The highest BCUT2D eigenvalue weighted by atomic mass is 16.1. The van der Waals surface area contributed by atoms with Crippen LogP contribution in [0.25, 0.3) is 0 Å². The molecule has 0 aromatic heterocycles. The number of hydrogen-bond acceptors (Lipinski definition) is 3. The molecule has 0 saturated carbocycles. The Balaban J connectivity index is 2.02. The summed E-state index contributed by atoms with van der Waals surface area (Å²) in [6, 6.07) is 7.26. The smallest absolute Gasteiger partial charge is 0.251 e. The van der Waals surface area contributed by atoms with Crippen molar-refractivity contribution >= 4 is 11.6 Å². The Bertz CT molecular complexity index is 347. The maximum Gasteiger partial charge on any atom is 0.251 e. The molecule has 0 aliphatic carbocycles. The molecule has 1 saturated heterocycles. The second kappa shape index (κ2) is 3.67. The summed E-state index contributed by atoms with van der Waals surface area (Å²) >= 11 is 0. The van der Waals surface area contributed by atoms with Gasteiger partial charge in [-0.2, -0.15) is 0 Å². The minimum Gasteiger partial charge on any atom is -0.399 e. The number of anilines is 1. The summed E-state index contributed by atoms with van der Waals surface area (Å²) in [6.45, 7) is 1.71. The fourth-order valence-corrected chi connectivity index (χ4v) is 1.34. The third-order valence-corrected chi connectivity index (χ3v) is 2.27. The van der Waals surface area contributed by atoms with Crippen LogP contribution in [-0.4, -0.2) is 25.0 Å². The summed E-state index contributed by atoms with van der Waals surface area (Å²) in [6.07, 6.45) is 0. The largest absolute Gasteiger partial charge is 0.399 e. The first-order valence-electron chi connectivity index (χ1n) is 4.63. The lowest BCUT2D eigenvalue weighted by Gasteiger charge is -2.27. The van der Waals surface area contributed by atoms with E-state index in [1.807, 2.05) is 0 Å². The Morgan fingerprint density at radius 3 is 2.86 bits per heavy atom. The second-order valence-corrected chi connectivity index (χ2v) is 3.45. The fourth-order valence-electron chi connectivity index (χ4n) is 1.34. The van der Waals surface area contributed by atoms with Crippen LogP contribution in [0.1, 0.15) is 10.4 Å². The molecular formula is C10H13N3O. The Kier molecular flexibility index (Phi) is 2.37. The third-order valence-electron chi connectivity index (χ3n) is 2.27. The van der Waals surface area contributed by atoms with Crippen molar-refractivity contribution in [2.75, 3.05) is 18.8 Å². The molecule has 1 heterocycles. The van der Waals surface area contributed by atoms with Gasteiger partial charge in [-0.25, -0.2) is 0 Å². The molecule has 0 radical (unpaired) electrons. The zero-order valence-corrected chi connectivity index (χ0v) is 7.79. The van der Waals surface area contributed by atoms with Gasteiger partial charge in [0, 0.05) is 24.3 Å². The van der Waals surface area contributed by atoms with Gasteiger partial charge in [-0.3, -0.25) is 4.79 Å². The summed E-state index contributed by atoms with van der Waals surface area (Å²) < 4.78 is 0. The Hall–Kier alpha value is -1.55. The molecule has 0 unspecified atom stereocenters. The average Bonchev–Trinajstić information content (AvgIpc) is 2.11. The summed E-state index contributed by atoms with van der Waals surface area (Å²) in [5, 5.41) is 5.99. The van der Waals surface area contributed by atoms with Gasteiger partial charge in [-0.15, -0.1) is 0 Å². The monoisotopic (exact) mass is 191 g/mol. The molecule has 1 aliphatic rings. The minimum atomic E-state index is -0.0520. The normalized spacial score (nSPS) is 16.0. The Morgan fingerprint density at radius 2 is 2.29 bits per heavy atom. The first-order chi connectivity index (χ1) is 6.75. The summed E-state index contributed by atoms with van der Waals surface area (Å²) in [7, 11) is 0. The van der Waals surface area contributed by atoms with E-state index >= 15 is 0 Å². The molecule has 1 amide bonds. The van der Waals surface area contributed by atoms with E-state index in [0.29, 0.717) is 11.3 Å². The molecule has 2 rings (SSSR count). The van der Waals surface area contributed by atoms with Crippen LogP contribution in [0.15, 0.2) is 24.3 Å². The number of hydrogen-bond donors (Lipinski definition) is 3. The standard InChI is InChI=1S/C10H13N3O/c11-8-3-1-2-7(4-8)10(14)13-9-5-12-6-9/h1-4,9,12H,5-6,11H2,(H,13,14). The number of amides is 1. The quantitative estimate of drug-likeness (QED) is 0.575. The maximum absolute atomic E-state index is 11.6. The van der Waals surface area contributed by atoms with E-state index in [1.165, 1.54) is 0 Å². The third kappa shape index (κ3) is 1.85. The van der Waals surface area contributed by atoms with Crippen LogP contribution >= 0.6 is 0 Å². The fraction of sp³-hybridized carbons (Fsp3) is 0.300. The SMILES string of the molecule is Nc1cccc(C(=O)NC2CNC2)c1. The summed E-state index contributed by atoms with van der Waals surface area (Å²) in [5.74, 6) is -0.0520. The number of carbonyl (C=O) groups excluding carboxylic acids is 1. The van der Waals surface area contributed by atoms with Gasteiger partial charge in [-0.1, -0.05) is 6.07 Å². The van der Waals surface area contributed by atoms with Crippen LogP contribution < -0.4 is 16.4 Å². The molecule has 1 aromatic carbocycles. The van der Waals surface area contributed by atoms with Crippen LogP contribution in [0, 0.1) is 0 Å². The number of nitrogen functional groups attached to an aromatic ring is 1. The van der Waals surface area contributed by atoms with E-state index in [9.17, 15) is 4.79 Å². The zero-order chi connectivity index (χ0) is 9.97. The predicted octanol–water partition coefficient (Wildman–Crippen LogP) is -0.0296. The lowest BCUT2D eigenvalue weighted by molar-refractivity contribution is 0.0924. The highest BCUT2D eigenvalue weighted by molar-refractivity contribution is 5.95. The van der Waals surface area contributed by atoms with Gasteiger partial charge in [0.2, 0.25) is 0 Å². The van der Waals surface area contributed by atoms with Gasteiger partial charge in [0.15, 0.2) is 0 Å². The van der Waals surface area contributed by atoms with Crippen molar-refractivity contribution in [3.8, 4) is 0 Å². The molecule has 0 atom stereocenters. The van der Waals surface area contributed by atoms with E-state index in [0.717, 1.165) is 13.1 Å². The van der Waals surface area contributed by atoms with E-state index in [1.54, 1.807) is 24.3 Å². The summed E-state index contributed by atoms with van der Waals surface area (Å²) in [5.41, 5.74) is 6.82. The Labute approximate surface area is 82.5 Å². The van der Waals surface area contributed by atoms with Gasteiger partial charge >= 0.3 is 0 Å². The number of nitrogens with two attached hydrogens (primary N) is 1. The molecule has 1 aromatic rings. The van der Waals surface area contributed by atoms with E-state index in [4.69, 9.17) is 5.73 Å². The van der Waals surface area contributed by atoms with Crippen LogP contribution in [0.4, 0.5) is 5.69 Å². The Morgan fingerprint density at radius 1 is 1.50 bits per heavy atom. The highest BCUT2D eigenvalue weighted by Gasteiger charge is 2.19. The molecule has 0 spiro atoms. The van der Waals surface area contributed by atoms with Crippen LogP contribution in [0.5, 0.6) is 0 Å². The average molecular weight is 191 g/mol. The molecule has 4 heteroatoms. The second-order valence-electron chi connectivity index (χ2n) is 3.45. The first-order valence-corrected chi connectivity index (χ1v) is 4.63. The lowest BCUT2D eigenvalue weighted by Crippen LogP contribution is -2.56. The number of benzene rings is 1. The van der Waals surface area contributed by atoms with Crippen LogP contribution in [0.3, 0.4) is 0 Å². The van der Waals surface area contributed by atoms with Gasteiger partial charge in [0.1, 0.15) is 0 Å². The molecule has 4 nitrogen and oxygen atoms in total. The highest BCUT2D eigenvalue weighted by Crippen LogP contribution is 2.06. The van der Waals surface area contributed by atoms with Crippen molar-refractivity contribution in [1.29, 1.82) is 0 Å². The molecule has 74 valence electrons. The van der Waals surface area contributed by atoms with Gasteiger partial charge in [0.05, 0.1) is 6.04 Å². The van der Waals surface area contributed by atoms with E-state index in [-0.39, 0.29) is 11.9 Å². The minimum absolute atomic E-state index is 0.0520. The zero-order valence-electron chi connectivity index (χ0n) is 7.79. The van der Waals surface area contributed by atoms with Crippen molar-refractivity contribution in [3.63, 3.8) is 0 Å². The van der Waals surface area contributed by atoms with Crippen molar-refractivity contribution in [2.24, 2.45) is 0 Å². The summed E-state index contributed by atoms with van der Waals surface area (Å²) in [4.78, 5) is 11.6. The maximum atomic E-state index is 11.6. The van der Waals surface area contributed by atoms with Crippen LogP contribution in [-0.2, 0) is 0 Å². The molecule has 1 aliphatic heterocycles. The molecule has 4 N–H and O–H groups in total. The van der Waals surface area contributed by atoms with Crippen molar-refractivity contribution < 1.29 is 4.79 Å². The first kappa shape index (κ1) is 9.02. The molecular weight excluding hydrogens is 178 g/mol. The number of nitrogens with one attached hydrogen (secondary N) is 2. The van der Waals surface area contributed by atoms with Crippen LogP contribution in [0.2, 0.25) is 0 Å².